The predicted octanol–water partition coefficient (Wildman–Crippen LogP) is 2.13. The molecule has 0 saturated carbocycles. The van der Waals surface area contributed by atoms with Crippen molar-refractivity contribution in [3.8, 4) is 0 Å². The number of anilines is 2. The molecule has 4 rings (SSSR count). The standard InChI is InChI=1S/C19H19N5O2S/c1-12-22-16(11-27-12)13-2-3-14(8-13)19(26)23-15-4-5-17(21-9-15)24-7-6-20-18(25)10-24/h2,4-5,8-9,11H,3,6-7,10H2,1H3,(H,20,25)(H,23,26). The third kappa shape index (κ3) is 3.90. The molecule has 0 unspecified atom stereocenters. The highest BCUT2D eigenvalue weighted by Gasteiger charge is 2.19. The van der Waals surface area contributed by atoms with Gasteiger partial charge in [-0.2, -0.15) is 0 Å². The van der Waals surface area contributed by atoms with Crippen LogP contribution in [0.2, 0.25) is 0 Å². The number of carbonyl (C=O) groups excluding carboxylic acids is 2. The van der Waals surface area contributed by atoms with Crippen LogP contribution in [0.15, 0.2) is 41.4 Å². The van der Waals surface area contributed by atoms with Crippen molar-refractivity contribution in [3.63, 3.8) is 0 Å². The van der Waals surface area contributed by atoms with Gasteiger partial charge in [0.25, 0.3) is 5.91 Å². The van der Waals surface area contributed by atoms with Crippen molar-refractivity contribution in [1.29, 1.82) is 0 Å². The molecule has 138 valence electrons. The van der Waals surface area contributed by atoms with Gasteiger partial charge in [0.1, 0.15) is 5.82 Å². The van der Waals surface area contributed by atoms with Gasteiger partial charge in [-0.1, -0.05) is 6.08 Å². The Bertz CT molecular complexity index is 945. The largest absolute Gasteiger partial charge is 0.353 e. The van der Waals surface area contributed by atoms with Crippen molar-refractivity contribution in [3.05, 3.63) is 52.1 Å². The van der Waals surface area contributed by atoms with Crippen LogP contribution in [0.3, 0.4) is 0 Å². The number of nitrogens with zero attached hydrogens (tertiary/aromatic N) is 3. The van der Waals surface area contributed by atoms with Gasteiger partial charge >= 0.3 is 0 Å². The highest BCUT2D eigenvalue weighted by Crippen LogP contribution is 2.28. The molecule has 7 nitrogen and oxygen atoms in total. The smallest absolute Gasteiger partial charge is 0.251 e. The Labute approximate surface area is 160 Å². The normalized spacial score (nSPS) is 16.6. The molecule has 2 amide bonds. The van der Waals surface area contributed by atoms with Gasteiger partial charge < -0.3 is 15.5 Å². The molecule has 2 aromatic rings. The Balaban J connectivity index is 1.39. The lowest BCUT2D eigenvalue weighted by molar-refractivity contribution is -0.120. The average molecular weight is 381 g/mol. The highest BCUT2D eigenvalue weighted by molar-refractivity contribution is 7.09. The van der Waals surface area contributed by atoms with Gasteiger partial charge in [-0.25, -0.2) is 9.97 Å². The number of hydrogen-bond donors (Lipinski definition) is 2. The first kappa shape index (κ1) is 17.4. The van der Waals surface area contributed by atoms with E-state index in [1.54, 1.807) is 23.6 Å². The number of rotatable bonds is 4. The fraction of sp³-hybridized carbons (Fsp3) is 0.263. The molecule has 0 atom stereocenters. The van der Waals surface area contributed by atoms with E-state index in [2.05, 4.69) is 20.6 Å². The van der Waals surface area contributed by atoms with Crippen molar-refractivity contribution in [2.45, 2.75) is 13.3 Å². The van der Waals surface area contributed by atoms with E-state index in [4.69, 9.17) is 0 Å². The Morgan fingerprint density at radius 2 is 2.26 bits per heavy atom. The van der Waals surface area contributed by atoms with Crippen LogP contribution in [-0.4, -0.2) is 41.4 Å². The molecular formula is C19H19N5O2S. The summed E-state index contributed by atoms with van der Waals surface area (Å²) in [6.07, 6.45) is 6.11. The fourth-order valence-electron chi connectivity index (χ4n) is 3.05. The molecule has 0 aromatic carbocycles. The van der Waals surface area contributed by atoms with Gasteiger partial charge in [0.05, 0.1) is 29.1 Å². The summed E-state index contributed by atoms with van der Waals surface area (Å²) >= 11 is 1.60. The van der Waals surface area contributed by atoms with Crippen molar-refractivity contribution in [2.75, 3.05) is 29.9 Å². The summed E-state index contributed by atoms with van der Waals surface area (Å²) in [7, 11) is 0. The van der Waals surface area contributed by atoms with E-state index in [0.29, 0.717) is 30.8 Å². The summed E-state index contributed by atoms with van der Waals surface area (Å²) in [4.78, 5) is 34.7. The van der Waals surface area contributed by atoms with Crippen LogP contribution >= 0.6 is 11.3 Å². The van der Waals surface area contributed by atoms with Gasteiger partial charge in [-0.3, -0.25) is 9.59 Å². The van der Waals surface area contributed by atoms with E-state index in [1.165, 1.54) is 0 Å². The molecule has 1 aliphatic carbocycles. The number of amides is 2. The summed E-state index contributed by atoms with van der Waals surface area (Å²) in [6.45, 7) is 3.60. The van der Waals surface area contributed by atoms with Gasteiger partial charge in [0.2, 0.25) is 5.91 Å². The van der Waals surface area contributed by atoms with Crippen molar-refractivity contribution in [2.24, 2.45) is 0 Å². The summed E-state index contributed by atoms with van der Waals surface area (Å²) < 4.78 is 0. The van der Waals surface area contributed by atoms with Crippen LogP contribution < -0.4 is 15.5 Å². The Kier molecular flexibility index (Phi) is 4.72. The predicted molar refractivity (Wildman–Crippen MR) is 106 cm³/mol. The molecule has 3 heterocycles. The van der Waals surface area contributed by atoms with E-state index >= 15 is 0 Å². The van der Waals surface area contributed by atoms with Crippen LogP contribution in [0, 0.1) is 6.92 Å². The molecule has 1 saturated heterocycles. The van der Waals surface area contributed by atoms with E-state index in [9.17, 15) is 9.59 Å². The maximum atomic E-state index is 12.5. The number of piperazine rings is 1. The number of allylic oxidation sites excluding steroid dienone is 3. The molecule has 1 aliphatic heterocycles. The first-order chi connectivity index (χ1) is 13.1. The molecule has 0 bridgehead atoms. The zero-order valence-corrected chi connectivity index (χ0v) is 15.7. The molecule has 1 fully saturated rings. The summed E-state index contributed by atoms with van der Waals surface area (Å²) in [5.74, 6) is 0.582. The lowest BCUT2D eigenvalue weighted by atomic mass is 10.2. The zero-order chi connectivity index (χ0) is 18.8. The van der Waals surface area contributed by atoms with E-state index in [0.717, 1.165) is 28.6 Å². The van der Waals surface area contributed by atoms with Crippen molar-refractivity contribution >= 4 is 40.2 Å². The van der Waals surface area contributed by atoms with Crippen LogP contribution in [0.25, 0.3) is 5.57 Å². The van der Waals surface area contributed by atoms with E-state index in [-0.39, 0.29) is 11.8 Å². The maximum absolute atomic E-state index is 12.5. The van der Waals surface area contributed by atoms with Gasteiger partial charge in [-0.15, -0.1) is 11.3 Å². The Morgan fingerprint density at radius 3 is 2.96 bits per heavy atom. The van der Waals surface area contributed by atoms with Gasteiger partial charge in [-0.05, 0) is 37.1 Å². The third-order valence-electron chi connectivity index (χ3n) is 4.45. The lowest BCUT2D eigenvalue weighted by Gasteiger charge is -2.27. The number of carbonyl (C=O) groups is 2. The second-order valence-electron chi connectivity index (χ2n) is 6.42. The average Bonchev–Trinajstić information content (AvgIpc) is 3.31. The molecule has 8 heteroatoms. The van der Waals surface area contributed by atoms with E-state index < -0.39 is 0 Å². The molecule has 2 aromatic heterocycles. The minimum atomic E-state index is -0.139. The number of aromatic nitrogens is 2. The second kappa shape index (κ2) is 7.32. The number of nitrogens with one attached hydrogen (secondary N) is 2. The van der Waals surface area contributed by atoms with Crippen LogP contribution in [0.1, 0.15) is 17.1 Å². The van der Waals surface area contributed by atoms with Crippen LogP contribution in [-0.2, 0) is 9.59 Å². The third-order valence-corrected chi connectivity index (χ3v) is 5.22. The number of hydrogen-bond acceptors (Lipinski definition) is 6. The van der Waals surface area contributed by atoms with Crippen molar-refractivity contribution < 1.29 is 9.59 Å². The van der Waals surface area contributed by atoms with E-state index in [1.807, 2.05) is 35.4 Å². The van der Waals surface area contributed by atoms with Gasteiger partial charge in [0.15, 0.2) is 0 Å². The quantitative estimate of drug-likeness (QED) is 0.847. The molecule has 0 spiro atoms. The molecule has 27 heavy (non-hydrogen) atoms. The van der Waals surface area contributed by atoms with Crippen LogP contribution in [0.4, 0.5) is 11.5 Å². The fourth-order valence-corrected chi connectivity index (χ4v) is 3.67. The first-order valence-corrected chi connectivity index (χ1v) is 9.59. The first-order valence-electron chi connectivity index (χ1n) is 8.71. The molecule has 0 radical (unpaired) electrons. The lowest BCUT2D eigenvalue weighted by Crippen LogP contribution is -2.48. The van der Waals surface area contributed by atoms with Gasteiger partial charge in [0, 0.05) is 24.0 Å². The second-order valence-corrected chi connectivity index (χ2v) is 7.48. The monoisotopic (exact) mass is 381 g/mol. The number of pyridine rings is 1. The van der Waals surface area contributed by atoms with Crippen LogP contribution in [0.5, 0.6) is 0 Å². The topological polar surface area (TPSA) is 87.2 Å². The highest BCUT2D eigenvalue weighted by atomic mass is 32.1. The number of aryl methyl sites for hydroxylation is 1. The minimum absolute atomic E-state index is 0.00721. The maximum Gasteiger partial charge on any atom is 0.251 e. The summed E-state index contributed by atoms with van der Waals surface area (Å²) in [6, 6.07) is 3.62. The Hall–Kier alpha value is -3.00. The minimum Gasteiger partial charge on any atom is -0.353 e. The Morgan fingerprint density at radius 1 is 1.37 bits per heavy atom. The summed E-state index contributed by atoms with van der Waals surface area (Å²) in [5, 5.41) is 8.68. The SMILES string of the molecule is Cc1nc(C2=CCC(C(=O)Nc3ccc(N4CCNC(=O)C4)nc3)=C2)cs1. The molecule has 2 aliphatic rings. The zero-order valence-electron chi connectivity index (χ0n) is 14.9. The molecule has 2 N–H and O–H groups in total. The molecular weight excluding hydrogens is 362 g/mol. The number of thiazole rings is 1. The summed E-state index contributed by atoms with van der Waals surface area (Å²) in [5.41, 5.74) is 3.23. The van der Waals surface area contributed by atoms with Crippen molar-refractivity contribution in [1.82, 2.24) is 15.3 Å².